The number of halogens is 2. The fraction of sp³-hybridized carbons (Fsp3) is 0.696. The molecule has 106 heavy (non-hydrogen) atoms. The number of carboxylic acids is 1. The summed E-state index contributed by atoms with van der Waals surface area (Å²) < 4.78 is 47.3. The molecule has 2 heterocycles. The Hall–Kier alpha value is -7.23. The second-order valence-electron chi connectivity index (χ2n) is 30.2. The van der Waals surface area contributed by atoms with Crippen LogP contribution < -0.4 is 16.4 Å². The van der Waals surface area contributed by atoms with Crippen LogP contribution in [-0.2, 0) is 86.4 Å². The molecule has 2 aliphatic heterocycles. The molecule has 594 valence electrons. The van der Waals surface area contributed by atoms with Crippen LogP contribution in [0, 0.1) is 53.1 Å². The fourth-order valence-corrected chi connectivity index (χ4v) is 15.7. The number of hydrogen-bond acceptors (Lipinski definition) is 17. The van der Waals surface area contributed by atoms with Gasteiger partial charge in [0.2, 0.25) is 41.4 Å². The number of likely N-dealkylation sites (N-methyl/N-ethyl adjacent to an activating group) is 3. The maximum Gasteiger partial charge on any atom is 0.410 e. The predicted octanol–water partition coefficient (Wildman–Crippen LogP) is 9.55. The number of Topliss-reactive ketones (excluding diaryl/α,β-unsaturated/α-hetero) is 3. The maximum absolute atomic E-state index is 15.2. The van der Waals surface area contributed by atoms with Gasteiger partial charge in [0.15, 0.2) is 11.6 Å². The second-order valence-corrected chi connectivity index (χ2v) is 31.5. The minimum Gasteiger partial charge on any atom is -0.481 e. The molecular weight excluding hydrogens is 1390 g/mol. The van der Waals surface area contributed by atoms with Crippen molar-refractivity contribution >= 4 is 82.5 Å². The maximum atomic E-state index is 15.2. The molecule has 2 aliphatic rings. The molecule has 2 aromatic rings. The van der Waals surface area contributed by atoms with Gasteiger partial charge in [-0.15, -0.1) is 11.8 Å². The number of nitrogens with zero attached hydrogens (tertiary/aromatic N) is 5. The molecule has 0 saturated carbocycles. The number of carbonyl (C=O) groups is 12. The Bertz CT molecular complexity index is 3220. The van der Waals surface area contributed by atoms with Gasteiger partial charge in [-0.2, -0.15) is 0 Å². The van der Waals surface area contributed by atoms with Crippen LogP contribution in [0.3, 0.4) is 0 Å². The van der Waals surface area contributed by atoms with Gasteiger partial charge < -0.3 is 50.4 Å². The van der Waals surface area contributed by atoms with E-state index < -0.39 is 113 Å². The number of aliphatic carboxylic acids is 1. The van der Waals surface area contributed by atoms with Crippen LogP contribution in [-0.4, -0.2) is 216 Å². The van der Waals surface area contributed by atoms with E-state index in [0.29, 0.717) is 61.8 Å². The van der Waals surface area contributed by atoms with Crippen LogP contribution in [0.5, 0.6) is 0 Å². The van der Waals surface area contributed by atoms with Crippen molar-refractivity contribution in [3.63, 3.8) is 0 Å². The Morgan fingerprint density at radius 2 is 1.35 bits per heavy atom. The van der Waals surface area contributed by atoms with Crippen molar-refractivity contribution in [1.82, 2.24) is 35.1 Å². The predicted molar refractivity (Wildman–Crippen MR) is 401 cm³/mol. The smallest absolute Gasteiger partial charge is 0.410 e. The molecular formula is C79H122F2N8O16S. The second kappa shape index (κ2) is 45.6. The standard InChI is InChI=1S/C79H122F2N8O16S/c1-16-51(8)73(87(13)77(100)59(49(4)5)43-65(92)72(50(6)7)85(10)11)66(103-14)44-69(94)89-46-55(41-63(89)74(104-15)52(9)75(98)83-37-36-57-60(80)27-25-28-61(57)81)86(12)79(102)105-47-54-34-32-53(33-35-54)40-64(91)62(29-21-22-30-68(82)93)84-76(99)58(48(2)3)42-56(90)26-19-17-23-38-88-70(95)45-67(78(88)101)106-39-24-18-20-31-71(96)97/h25,27-28,32-35,48-52,55,58-59,62-63,66-67,72-74H,16-24,26,29-31,36-47H2,1-15H3,(H2,82,93)(H,83,98)(H,84,99)(H,96,97)/t51-,52+,55-,58-,59-,62-,63-,66+,67?,72-,73-,74+/m0/s1. The molecule has 0 bridgehead atoms. The number of benzene rings is 2. The van der Waals surface area contributed by atoms with Crippen molar-refractivity contribution in [2.75, 3.05) is 67.8 Å². The summed E-state index contributed by atoms with van der Waals surface area (Å²) in [7, 11) is 9.79. The summed E-state index contributed by atoms with van der Waals surface area (Å²) >= 11 is 1.42. The molecule has 0 aliphatic carbocycles. The average molecular weight is 1510 g/mol. The minimum atomic E-state index is -0.973. The molecule has 2 aromatic carbocycles. The van der Waals surface area contributed by atoms with E-state index in [9.17, 15) is 61.5 Å². The van der Waals surface area contributed by atoms with Gasteiger partial charge >= 0.3 is 12.1 Å². The Balaban J connectivity index is 1.47. The van der Waals surface area contributed by atoms with Crippen molar-refractivity contribution in [1.29, 1.82) is 0 Å². The van der Waals surface area contributed by atoms with Crippen LogP contribution in [0.25, 0.3) is 0 Å². The number of amides is 8. The molecule has 4 rings (SSSR count). The van der Waals surface area contributed by atoms with Gasteiger partial charge in [-0.05, 0) is 118 Å². The van der Waals surface area contributed by atoms with Crippen LogP contribution in [0.15, 0.2) is 42.5 Å². The van der Waals surface area contributed by atoms with Crippen LogP contribution in [0.2, 0.25) is 0 Å². The Morgan fingerprint density at radius 1 is 0.726 bits per heavy atom. The number of nitrogens with two attached hydrogens (primary N) is 1. The highest BCUT2D eigenvalue weighted by Gasteiger charge is 2.48. The van der Waals surface area contributed by atoms with Gasteiger partial charge in [-0.3, -0.25) is 62.5 Å². The van der Waals surface area contributed by atoms with Crippen molar-refractivity contribution in [3.8, 4) is 0 Å². The molecule has 27 heteroatoms. The summed E-state index contributed by atoms with van der Waals surface area (Å²) in [6, 6.07) is 6.82. The molecule has 2 saturated heterocycles. The number of nitrogens with one attached hydrogen (secondary N) is 2. The van der Waals surface area contributed by atoms with Gasteiger partial charge in [0.25, 0.3) is 0 Å². The average Bonchev–Trinajstić information content (AvgIpc) is 1.56. The molecule has 12 atom stereocenters. The lowest BCUT2D eigenvalue weighted by molar-refractivity contribution is -0.149. The van der Waals surface area contributed by atoms with Crippen molar-refractivity contribution < 1.29 is 85.6 Å². The number of carboxylic acid groups (broad SMARTS) is 1. The lowest BCUT2D eigenvalue weighted by atomic mass is 9.83. The Morgan fingerprint density at radius 3 is 1.93 bits per heavy atom. The first-order chi connectivity index (χ1) is 50.1. The Labute approximate surface area is 631 Å². The summed E-state index contributed by atoms with van der Waals surface area (Å²) in [5, 5.41) is 14.1. The summed E-state index contributed by atoms with van der Waals surface area (Å²) in [5.74, 6) is -7.81. The fourth-order valence-electron chi connectivity index (χ4n) is 14.6. The number of imide groups is 1. The summed E-state index contributed by atoms with van der Waals surface area (Å²) in [6.07, 6.45) is 2.74. The zero-order valence-corrected chi connectivity index (χ0v) is 66.2. The summed E-state index contributed by atoms with van der Waals surface area (Å²) in [5.41, 5.74) is 6.39. The first kappa shape index (κ1) is 91.2. The van der Waals surface area contributed by atoms with Gasteiger partial charge in [0, 0.05) is 110 Å². The van der Waals surface area contributed by atoms with Gasteiger partial charge in [-0.25, -0.2) is 13.6 Å². The highest BCUT2D eigenvalue weighted by molar-refractivity contribution is 8.00. The number of likely N-dealkylation sites (tertiary alicyclic amines) is 2. The van der Waals surface area contributed by atoms with E-state index in [1.165, 1.54) is 48.9 Å². The first-order valence-corrected chi connectivity index (χ1v) is 38.9. The number of carbonyl (C=O) groups excluding carboxylic acids is 11. The molecule has 24 nitrogen and oxygen atoms in total. The number of unbranched alkanes of at least 4 members (excludes halogenated alkanes) is 5. The zero-order chi connectivity index (χ0) is 79.2. The highest BCUT2D eigenvalue weighted by atomic mass is 32.2. The van der Waals surface area contributed by atoms with E-state index in [1.54, 1.807) is 48.0 Å². The number of thioether (sulfide) groups is 1. The number of hydrogen-bond donors (Lipinski definition) is 4. The minimum absolute atomic E-state index is 0.00362. The van der Waals surface area contributed by atoms with E-state index in [-0.39, 0.29) is 161 Å². The number of rotatable bonds is 50. The van der Waals surface area contributed by atoms with E-state index in [2.05, 4.69) is 10.6 Å². The zero-order valence-electron chi connectivity index (χ0n) is 65.4. The molecule has 5 N–H and O–H groups in total. The van der Waals surface area contributed by atoms with Crippen molar-refractivity contribution in [3.05, 3.63) is 70.8 Å². The third kappa shape index (κ3) is 28.1. The highest BCUT2D eigenvalue weighted by Crippen LogP contribution is 2.34. The van der Waals surface area contributed by atoms with Crippen LogP contribution in [0.4, 0.5) is 13.6 Å². The van der Waals surface area contributed by atoms with E-state index in [0.717, 1.165) is 25.0 Å². The largest absolute Gasteiger partial charge is 0.481 e. The van der Waals surface area contributed by atoms with Crippen LogP contribution in [0.1, 0.15) is 195 Å². The van der Waals surface area contributed by atoms with Gasteiger partial charge in [0.05, 0.1) is 60.0 Å². The topological polar surface area (TPSA) is 319 Å². The number of ether oxygens (including phenoxy) is 3. The Kier molecular flexibility index (Phi) is 39.2. The monoisotopic (exact) mass is 1510 g/mol. The van der Waals surface area contributed by atoms with E-state index >= 15 is 4.79 Å². The van der Waals surface area contributed by atoms with Crippen molar-refractivity contribution in [2.24, 2.45) is 47.2 Å². The lowest BCUT2D eigenvalue weighted by Crippen LogP contribution is -2.54. The molecule has 0 aromatic heterocycles. The molecule has 0 radical (unpaired) electrons. The molecule has 0 spiro atoms. The van der Waals surface area contributed by atoms with Gasteiger partial charge in [0.1, 0.15) is 24.0 Å². The molecule has 1 unspecified atom stereocenters. The van der Waals surface area contributed by atoms with E-state index in [1.807, 2.05) is 74.4 Å². The molecule has 8 amide bonds. The SMILES string of the molecule is CC[C@H](C)[C@@H]([C@@H](CC(=O)N1C[C@@H](N(C)C(=O)OCc2ccc(CC(=O)[C@H](CCCCC(N)=O)NC(=O)[C@@H](CC(=O)CCCCCN3C(=O)CC(SCCCCCC(=O)O)C3=O)C(C)C)cc2)C[C@H]1[C@H](OC)[C@@H](C)C(=O)NCCc1c(F)cccc1F)OC)N(C)C(=O)[C@@H](CC(=O)[C@H](C(C)C)N(C)C)C(C)C. The van der Waals surface area contributed by atoms with E-state index in [4.69, 9.17) is 25.1 Å². The number of primary amides is 1. The van der Waals surface area contributed by atoms with Crippen LogP contribution >= 0.6 is 11.8 Å². The van der Waals surface area contributed by atoms with Gasteiger partial charge in [-0.1, -0.05) is 118 Å². The summed E-state index contributed by atoms with van der Waals surface area (Å²) in [6.45, 7) is 16.9. The normalized spacial score (nSPS) is 17.9. The number of methoxy groups -OCH3 is 2. The van der Waals surface area contributed by atoms with Crippen molar-refractivity contribution in [2.45, 2.75) is 245 Å². The summed E-state index contributed by atoms with van der Waals surface area (Å²) in [4.78, 5) is 169. The molecule has 2 fully saturated rings. The first-order valence-electron chi connectivity index (χ1n) is 37.9. The lowest BCUT2D eigenvalue weighted by Gasteiger charge is -2.41. The number of ketones is 3. The third-order valence-corrected chi connectivity index (χ3v) is 22.3. The quantitative estimate of drug-likeness (QED) is 0.0354. The third-order valence-electron chi connectivity index (χ3n) is 21.0.